The Bertz CT molecular complexity index is 907. The summed E-state index contributed by atoms with van der Waals surface area (Å²) in [5.41, 5.74) is 9.37. The SMILES string of the molecule is CN(C(=O)OCc1ccccc1)C(COCc1ccccc1)C(N)Cc1ccccn1. The minimum absolute atomic E-state index is 0.205. The predicted molar refractivity (Wildman–Crippen MR) is 120 cm³/mol. The summed E-state index contributed by atoms with van der Waals surface area (Å²) in [5.74, 6) is 0. The van der Waals surface area contributed by atoms with Crippen LogP contribution in [0.1, 0.15) is 16.8 Å². The maximum absolute atomic E-state index is 12.7. The number of aromatic nitrogens is 1. The van der Waals surface area contributed by atoms with E-state index in [0.29, 0.717) is 19.6 Å². The molecule has 6 heteroatoms. The zero-order valence-electron chi connectivity index (χ0n) is 17.8. The summed E-state index contributed by atoms with van der Waals surface area (Å²) >= 11 is 0. The van der Waals surface area contributed by atoms with Crippen molar-refractivity contribution in [3.63, 3.8) is 0 Å². The molecule has 2 unspecified atom stereocenters. The first kappa shape index (κ1) is 22.5. The van der Waals surface area contributed by atoms with Gasteiger partial charge in [0, 0.05) is 31.4 Å². The molecule has 0 saturated heterocycles. The normalized spacial score (nSPS) is 12.7. The number of rotatable bonds is 10. The molecule has 0 saturated carbocycles. The van der Waals surface area contributed by atoms with Gasteiger partial charge in [-0.25, -0.2) is 4.79 Å². The van der Waals surface area contributed by atoms with Crippen LogP contribution in [0.3, 0.4) is 0 Å². The molecule has 6 nitrogen and oxygen atoms in total. The maximum Gasteiger partial charge on any atom is 0.410 e. The van der Waals surface area contributed by atoms with Crippen LogP contribution in [0, 0.1) is 0 Å². The lowest BCUT2D eigenvalue weighted by molar-refractivity contribution is 0.0359. The molecule has 0 aliphatic rings. The van der Waals surface area contributed by atoms with Crippen molar-refractivity contribution in [2.24, 2.45) is 5.73 Å². The molecule has 1 heterocycles. The van der Waals surface area contributed by atoms with Gasteiger partial charge in [-0.05, 0) is 23.3 Å². The molecule has 1 amide bonds. The van der Waals surface area contributed by atoms with E-state index in [4.69, 9.17) is 15.2 Å². The number of hydrogen-bond acceptors (Lipinski definition) is 5. The Hall–Kier alpha value is -3.22. The van der Waals surface area contributed by atoms with E-state index in [1.165, 1.54) is 4.90 Å². The predicted octanol–water partition coefficient (Wildman–Crippen LogP) is 3.81. The molecule has 0 radical (unpaired) electrons. The van der Waals surface area contributed by atoms with E-state index in [1.54, 1.807) is 13.2 Å². The molecule has 0 spiro atoms. The molecule has 0 aliphatic carbocycles. The molecule has 162 valence electrons. The van der Waals surface area contributed by atoms with Crippen LogP contribution in [0.15, 0.2) is 85.1 Å². The standard InChI is InChI=1S/C25H29N3O3/c1-28(25(29)31-18-21-12-6-3-7-13-21)24(19-30-17-20-10-4-2-5-11-20)23(26)16-22-14-8-9-15-27-22/h2-15,23-24H,16-19,26H2,1H3. The van der Waals surface area contributed by atoms with Gasteiger partial charge in [-0.3, -0.25) is 4.98 Å². The van der Waals surface area contributed by atoms with Crippen molar-refractivity contribution >= 4 is 6.09 Å². The highest BCUT2D eigenvalue weighted by atomic mass is 16.6. The number of nitrogens with zero attached hydrogens (tertiary/aromatic N) is 2. The first-order chi connectivity index (χ1) is 15.1. The van der Waals surface area contributed by atoms with Gasteiger partial charge in [-0.2, -0.15) is 0 Å². The Morgan fingerprint density at radius 2 is 1.55 bits per heavy atom. The summed E-state index contributed by atoms with van der Waals surface area (Å²) in [7, 11) is 1.70. The second-order valence-corrected chi connectivity index (χ2v) is 7.41. The van der Waals surface area contributed by atoms with Gasteiger partial charge < -0.3 is 20.1 Å². The van der Waals surface area contributed by atoms with E-state index in [2.05, 4.69) is 4.98 Å². The van der Waals surface area contributed by atoms with Gasteiger partial charge in [0.05, 0.1) is 19.3 Å². The quantitative estimate of drug-likeness (QED) is 0.541. The Morgan fingerprint density at radius 1 is 0.935 bits per heavy atom. The topological polar surface area (TPSA) is 77.7 Å². The van der Waals surface area contributed by atoms with Gasteiger partial charge in [0.1, 0.15) is 6.61 Å². The minimum atomic E-state index is -0.436. The van der Waals surface area contributed by atoms with E-state index in [-0.39, 0.29) is 18.7 Å². The van der Waals surface area contributed by atoms with Crippen molar-refractivity contribution in [3.05, 3.63) is 102 Å². The summed E-state index contributed by atoms with van der Waals surface area (Å²) in [5, 5.41) is 0. The summed E-state index contributed by atoms with van der Waals surface area (Å²) in [6.45, 7) is 0.942. The second-order valence-electron chi connectivity index (χ2n) is 7.41. The van der Waals surface area contributed by atoms with Gasteiger partial charge in [-0.1, -0.05) is 66.7 Å². The third kappa shape index (κ3) is 7.20. The number of hydrogen-bond donors (Lipinski definition) is 1. The van der Waals surface area contributed by atoms with Crippen molar-refractivity contribution in [1.29, 1.82) is 0 Å². The van der Waals surface area contributed by atoms with Gasteiger partial charge in [-0.15, -0.1) is 0 Å². The van der Waals surface area contributed by atoms with Crippen LogP contribution >= 0.6 is 0 Å². The first-order valence-corrected chi connectivity index (χ1v) is 10.3. The molecule has 0 bridgehead atoms. The number of likely N-dealkylation sites (N-methyl/N-ethyl adjacent to an activating group) is 1. The van der Waals surface area contributed by atoms with Crippen LogP contribution in [-0.2, 0) is 29.1 Å². The molecule has 2 atom stereocenters. The first-order valence-electron chi connectivity index (χ1n) is 10.3. The Labute approximate surface area is 183 Å². The van der Waals surface area contributed by atoms with Crippen molar-refractivity contribution in [2.75, 3.05) is 13.7 Å². The van der Waals surface area contributed by atoms with Gasteiger partial charge in [0.15, 0.2) is 0 Å². The van der Waals surface area contributed by atoms with Crippen LogP contribution in [-0.4, -0.2) is 41.7 Å². The summed E-state index contributed by atoms with van der Waals surface area (Å²) < 4.78 is 11.4. The average molecular weight is 420 g/mol. The fraction of sp³-hybridized carbons (Fsp3) is 0.280. The van der Waals surface area contributed by atoms with Gasteiger partial charge >= 0.3 is 6.09 Å². The number of carbonyl (C=O) groups is 1. The molecule has 3 rings (SSSR count). The summed E-state index contributed by atoms with van der Waals surface area (Å²) in [6.07, 6.45) is 1.82. The number of nitrogens with two attached hydrogens (primary N) is 1. The molecule has 0 aliphatic heterocycles. The van der Waals surface area contributed by atoms with E-state index in [0.717, 1.165) is 16.8 Å². The highest BCUT2D eigenvalue weighted by Crippen LogP contribution is 2.12. The average Bonchev–Trinajstić information content (AvgIpc) is 2.82. The molecule has 2 N–H and O–H groups in total. The number of pyridine rings is 1. The molecular formula is C25H29N3O3. The largest absolute Gasteiger partial charge is 0.445 e. The highest BCUT2D eigenvalue weighted by Gasteiger charge is 2.28. The van der Waals surface area contributed by atoms with Crippen LogP contribution in [0.25, 0.3) is 0 Å². The summed E-state index contributed by atoms with van der Waals surface area (Å²) in [6, 6.07) is 24.5. The van der Waals surface area contributed by atoms with Crippen LogP contribution in [0.2, 0.25) is 0 Å². The molecule has 1 aromatic heterocycles. The van der Waals surface area contributed by atoms with Crippen molar-refractivity contribution in [2.45, 2.75) is 31.7 Å². The molecule has 0 fully saturated rings. The van der Waals surface area contributed by atoms with Crippen LogP contribution < -0.4 is 5.73 Å². The van der Waals surface area contributed by atoms with E-state index >= 15 is 0 Å². The Morgan fingerprint density at radius 3 is 2.16 bits per heavy atom. The third-order valence-corrected chi connectivity index (χ3v) is 5.06. The molecule has 31 heavy (non-hydrogen) atoms. The molecule has 2 aromatic carbocycles. The second kappa shape index (κ2) is 11.8. The van der Waals surface area contributed by atoms with Gasteiger partial charge in [0.2, 0.25) is 0 Å². The number of ether oxygens (including phenoxy) is 2. The third-order valence-electron chi connectivity index (χ3n) is 5.06. The lowest BCUT2D eigenvalue weighted by Crippen LogP contribution is -2.52. The lowest BCUT2D eigenvalue weighted by atomic mass is 10.0. The van der Waals surface area contributed by atoms with Crippen molar-refractivity contribution in [1.82, 2.24) is 9.88 Å². The molecule has 3 aromatic rings. The van der Waals surface area contributed by atoms with Crippen molar-refractivity contribution in [3.8, 4) is 0 Å². The zero-order valence-corrected chi connectivity index (χ0v) is 17.8. The van der Waals surface area contributed by atoms with E-state index in [9.17, 15) is 4.79 Å². The number of benzene rings is 2. The number of amides is 1. The maximum atomic E-state index is 12.7. The van der Waals surface area contributed by atoms with Crippen LogP contribution in [0.5, 0.6) is 0 Å². The summed E-state index contributed by atoms with van der Waals surface area (Å²) in [4.78, 5) is 18.6. The molecular weight excluding hydrogens is 390 g/mol. The van der Waals surface area contributed by atoms with Crippen LogP contribution in [0.4, 0.5) is 4.79 Å². The Balaban J connectivity index is 1.63. The van der Waals surface area contributed by atoms with Crippen molar-refractivity contribution < 1.29 is 14.3 Å². The monoisotopic (exact) mass is 419 g/mol. The fourth-order valence-corrected chi connectivity index (χ4v) is 3.25. The minimum Gasteiger partial charge on any atom is -0.445 e. The number of carbonyl (C=O) groups excluding carboxylic acids is 1. The zero-order chi connectivity index (χ0) is 21.9. The smallest absolute Gasteiger partial charge is 0.410 e. The van der Waals surface area contributed by atoms with E-state index < -0.39 is 6.09 Å². The lowest BCUT2D eigenvalue weighted by Gasteiger charge is -2.32. The fourth-order valence-electron chi connectivity index (χ4n) is 3.25. The van der Waals surface area contributed by atoms with Gasteiger partial charge in [0.25, 0.3) is 0 Å². The highest BCUT2D eigenvalue weighted by molar-refractivity contribution is 5.67. The van der Waals surface area contributed by atoms with E-state index in [1.807, 2.05) is 78.9 Å². The Kier molecular flexibility index (Phi) is 8.58.